The highest BCUT2D eigenvalue weighted by molar-refractivity contribution is 6.17. The molecular formula is C17H19F3O3. The fraction of sp³-hybridized carbons (Fsp3) is 0.412. The molecule has 1 rings (SSSR count). The van der Waals surface area contributed by atoms with E-state index < -0.39 is 34.8 Å². The van der Waals surface area contributed by atoms with Gasteiger partial charge in [-0.1, -0.05) is 5.57 Å². The van der Waals surface area contributed by atoms with Crippen molar-refractivity contribution in [2.75, 3.05) is 0 Å². The van der Waals surface area contributed by atoms with Gasteiger partial charge in [0.1, 0.15) is 17.0 Å². The standard InChI is InChI=1S/C17H19F3O3/c1-9(6-11-7-13(19)14(20)8-12(11)18)15(10(2)21)16(22)23-17(3,4)5/h7-8H,6H2,1-5H3/b15-9-. The normalized spacial score (nSPS) is 12.7. The minimum atomic E-state index is -1.30. The van der Waals surface area contributed by atoms with Crippen molar-refractivity contribution in [3.63, 3.8) is 0 Å². The summed E-state index contributed by atoms with van der Waals surface area (Å²) < 4.78 is 45.0. The lowest BCUT2D eigenvalue weighted by Crippen LogP contribution is -2.27. The van der Waals surface area contributed by atoms with Crippen molar-refractivity contribution >= 4 is 11.8 Å². The molecule has 0 spiro atoms. The molecule has 0 heterocycles. The SMILES string of the molecule is CC(=O)/C(C(=O)OC(C)(C)C)=C(\C)Cc1cc(F)c(F)cc1F. The predicted molar refractivity (Wildman–Crippen MR) is 79.2 cm³/mol. The maximum Gasteiger partial charge on any atom is 0.342 e. The van der Waals surface area contributed by atoms with E-state index in [1.54, 1.807) is 20.8 Å². The van der Waals surface area contributed by atoms with E-state index >= 15 is 0 Å². The third-order valence-corrected chi connectivity index (χ3v) is 2.93. The van der Waals surface area contributed by atoms with E-state index in [0.717, 1.165) is 0 Å². The molecule has 0 aliphatic heterocycles. The van der Waals surface area contributed by atoms with Gasteiger partial charge in [-0.25, -0.2) is 18.0 Å². The van der Waals surface area contributed by atoms with Crippen molar-refractivity contribution in [3.8, 4) is 0 Å². The molecule has 0 unspecified atom stereocenters. The molecule has 0 atom stereocenters. The van der Waals surface area contributed by atoms with E-state index in [0.29, 0.717) is 12.1 Å². The number of ketones is 1. The van der Waals surface area contributed by atoms with E-state index in [4.69, 9.17) is 4.74 Å². The first-order valence-corrected chi connectivity index (χ1v) is 7.00. The molecule has 0 amide bonds. The molecule has 6 heteroatoms. The van der Waals surface area contributed by atoms with Crippen LogP contribution in [0.15, 0.2) is 23.3 Å². The Morgan fingerprint density at radius 1 is 1.00 bits per heavy atom. The molecule has 23 heavy (non-hydrogen) atoms. The quantitative estimate of drug-likeness (QED) is 0.277. The molecule has 1 aromatic rings. The van der Waals surface area contributed by atoms with Crippen LogP contribution in [0.5, 0.6) is 0 Å². The molecule has 0 bridgehead atoms. The zero-order valence-corrected chi connectivity index (χ0v) is 13.7. The Balaban J connectivity index is 3.21. The zero-order chi connectivity index (χ0) is 17.9. The van der Waals surface area contributed by atoms with Gasteiger partial charge in [0, 0.05) is 6.07 Å². The summed E-state index contributed by atoms with van der Waals surface area (Å²) in [5.74, 6) is -4.82. The zero-order valence-electron chi connectivity index (χ0n) is 13.7. The fourth-order valence-electron chi connectivity index (χ4n) is 2.02. The van der Waals surface area contributed by atoms with Crippen molar-refractivity contribution in [3.05, 3.63) is 46.3 Å². The monoisotopic (exact) mass is 328 g/mol. The first kappa shape index (κ1) is 18.9. The fourth-order valence-corrected chi connectivity index (χ4v) is 2.02. The number of carbonyl (C=O) groups excluding carboxylic acids is 2. The molecule has 0 radical (unpaired) electrons. The van der Waals surface area contributed by atoms with Crippen LogP contribution < -0.4 is 0 Å². The molecule has 0 aliphatic carbocycles. The van der Waals surface area contributed by atoms with Crippen LogP contribution in [-0.4, -0.2) is 17.4 Å². The lowest BCUT2D eigenvalue weighted by atomic mass is 9.98. The van der Waals surface area contributed by atoms with Crippen LogP contribution in [0.25, 0.3) is 0 Å². The van der Waals surface area contributed by atoms with Gasteiger partial charge in [0.15, 0.2) is 17.4 Å². The molecule has 0 aromatic heterocycles. The van der Waals surface area contributed by atoms with Gasteiger partial charge in [-0.15, -0.1) is 0 Å². The van der Waals surface area contributed by atoms with Gasteiger partial charge in [0.25, 0.3) is 0 Å². The highest BCUT2D eigenvalue weighted by Gasteiger charge is 2.25. The number of carbonyl (C=O) groups is 2. The van der Waals surface area contributed by atoms with E-state index in [2.05, 4.69) is 0 Å². The van der Waals surface area contributed by atoms with Crippen LogP contribution in [0.4, 0.5) is 13.2 Å². The Morgan fingerprint density at radius 2 is 1.52 bits per heavy atom. The summed E-state index contributed by atoms with van der Waals surface area (Å²) in [5.41, 5.74) is -0.949. The number of halogens is 3. The van der Waals surface area contributed by atoms with Crippen LogP contribution in [0.1, 0.15) is 40.2 Å². The molecular weight excluding hydrogens is 309 g/mol. The predicted octanol–water partition coefficient (Wildman–Crippen LogP) is 3.89. The highest BCUT2D eigenvalue weighted by Crippen LogP contribution is 2.21. The molecule has 0 aliphatic rings. The molecule has 0 N–H and O–H groups in total. The largest absolute Gasteiger partial charge is 0.456 e. The number of rotatable bonds is 4. The Labute approximate surface area is 133 Å². The summed E-state index contributed by atoms with van der Waals surface area (Å²) in [5, 5.41) is 0. The molecule has 126 valence electrons. The van der Waals surface area contributed by atoms with Crippen LogP contribution in [0.3, 0.4) is 0 Å². The lowest BCUT2D eigenvalue weighted by molar-refractivity contribution is -0.150. The molecule has 0 saturated heterocycles. The van der Waals surface area contributed by atoms with Gasteiger partial charge in [0.2, 0.25) is 0 Å². The summed E-state index contributed by atoms with van der Waals surface area (Å²) in [4.78, 5) is 23.8. The van der Waals surface area contributed by atoms with Crippen LogP contribution in [-0.2, 0) is 20.7 Å². The number of allylic oxidation sites excluding steroid dienone is 1. The van der Waals surface area contributed by atoms with Crippen molar-refractivity contribution in [1.29, 1.82) is 0 Å². The molecule has 0 saturated carbocycles. The van der Waals surface area contributed by atoms with Crippen molar-refractivity contribution < 1.29 is 27.5 Å². The van der Waals surface area contributed by atoms with Crippen LogP contribution >= 0.6 is 0 Å². The number of hydrogen-bond donors (Lipinski definition) is 0. The summed E-state index contributed by atoms with van der Waals surface area (Å²) in [6, 6.07) is 1.14. The first-order valence-electron chi connectivity index (χ1n) is 7.00. The third kappa shape index (κ3) is 5.23. The first-order chi connectivity index (χ1) is 10.4. The minimum Gasteiger partial charge on any atom is -0.456 e. The van der Waals surface area contributed by atoms with Crippen molar-refractivity contribution in [2.24, 2.45) is 0 Å². The Bertz CT molecular complexity index is 670. The summed E-state index contributed by atoms with van der Waals surface area (Å²) in [7, 11) is 0. The van der Waals surface area contributed by atoms with Gasteiger partial charge in [-0.3, -0.25) is 4.79 Å². The van der Waals surface area contributed by atoms with Gasteiger partial charge in [-0.05, 0) is 52.7 Å². The van der Waals surface area contributed by atoms with Gasteiger partial charge in [0.05, 0.1) is 0 Å². The van der Waals surface area contributed by atoms with Crippen molar-refractivity contribution in [2.45, 2.75) is 46.6 Å². The maximum atomic E-state index is 13.7. The number of esters is 1. The number of benzene rings is 1. The summed E-state index contributed by atoms with van der Waals surface area (Å²) in [6.07, 6.45) is -0.211. The van der Waals surface area contributed by atoms with E-state index in [-0.39, 0.29) is 23.1 Å². The minimum absolute atomic E-state index is 0.149. The van der Waals surface area contributed by atoms with Gasteiger partial charge in [-0.2, -0.15) is 0 Å². The van der Waals surface area contributed by atoms with Gasteiger partial charge < -0.3 is 4.74 Å². The van der Waals surface area contributed by atoms with E-state index in [9.17, 15) is 22.8 Å². The smallest absolute Gasteiger partial charge is 0.342 e. The third-order valence-electron chi connectivity index (χ3n) is 2.93. The molecule has 0 fully saturated rings. The van der Waals surface area contributed by atoms with Crippen LogP contribution in [0, 0.1) is 17.5 Å². The Hall–Kier alpha value is -2.11. The lowest BCUT2D eigenvalue weighted by Gasteiger charge is -2.21. The maximum absolute atomic E-state index is 13.7. The number of ether oxygens (including phenoxy) is 1. The second kappa shape index (κ2) is 6.98. The summed E-state index contributed by atoms with van der Waals surface area (Å²) >= 11 is 0. The highest BCUT2D eigenvalue weighted by atomic mass is 19.2. The van der Waals surface area contributed by atoms with Crippen molar-refractivity contribution in [1.82, 2.24) is 0 Å². The Morgan fingerprint density at radius 3 is 2.00 bits per heavy atom. The number of hydrogen-bond acceptors (Lipinski definition) is 3. The van der Waals surface area contributed by atoms with E-state index in [1.165, 1.54) is 13.8 Å². The topological polar surface area (TPSA) is 43.4 Å². The second-order valence-electron chi connectivity index (χ2n) is 6.25. The second-order valence-corrected chi connectivity index (χ2v) is 6.25. The molecule has 1 aromatic carbocycles. The number of Topliss-reactive ketones (excluding diaryl/α,β-unsaturated/α-hetero) is 1. The van der Waals surface area contributed by atoms with Crippen LogP contribution in [0.2, 0.25) is 0 Å². The average Bonchev–Trinajstić information content (AvgIpc) is 2.33. The Kier molecular flexibility index (Phi) is 5.75. The van der Waals surface area contributed by atoms with Gasteiger partial charge >= 0.3 is 5.97 Å². The summed E-state index contributed by atoms with van der Waals surface area (Å²) in [6.45, 7) is 7.57. The average molecular weight is 328 g/mol. The van der Waals surface area contributed by atoms with E-state index in [1.807, 2.05) is 0 Å². The molecule has 3 nitrogen and oxygen atoms in total.